The molecule has 1 aromatic carbocycles. The van der Waals surface area contributed by atoms with Gasteiger partial charge in [-0.1, -0.05) is 19.1 Å². The van der Waals surface area contributed by atoms with E-state index in [2.05, 4.69) is 42.7 Å². The van der Waals surface area contributed by atoms with E-state index < -0.39 is 0 Å². The number of methoxy groups -OCH3 is 1. The van der Waals surface area contributed by atoms with Crippen LogP contribution in [0.2, 0.25) is 0 Å². The Morgan fingerprint density at radius 1 is 1.29 bits per heavy atom. The first-order chi connectivity index (χ1) is 11.5. The van der Waals surface area contributed by atoms with E-state index in [-0.39, 0.29) is 5.91 Å². The Kier molecular flexibility index (Phi) is 6.67. The van der Waals surface area contributed by atoms with Gasteiger partial charge in [-0.25, -0.2) is 0 Å². The maximum atomic E-state index is 12.7. The van der Waals surface area contributed by atoms with Crippen molar-refractivity contribution in [2.24, 2.45) is 0 Å². The molecule has 1 atom stereocenters. The van der Waals surface area contributed by atoms with E-state index in [0.717, 1.165) is 49.2 Å². The summed E-state index contributed by atoms with van der Waals surface area (Å²) in [6.45, 7) is 8.51. The van der Waals surface area contributed by atoms with E-state index in [1.165, 1.54) is 12.0 Å². The van der Waals surface area contributed by atoms with Crippen LogP contribution in [0.4, 0.5) is 0 Å². The maximum Gasteiger partial charge on any atom is 0.236 e. The molecule has 24 heavy (non-hydrogen) atoms. The number of hydrogen-bond donors (Lipinski definition) is 0. The molecule has 1 saturated heterocycles. The van der Waals surface area contributed by atoms with Gasteiger partial charge in [-0.3, -0.25) is 9.69 Å². The molecule has 134 valence electrons. The minimum atomic E-state index is 0.269. The van der Waals surface area contributed by atoms with Crippen LogP contribution in [-0.4, -0.2) is 49.0 Å². The topological polar surface area (TPSA) is 32.8 Å². The number of ether oxygens (including phenoxy) is 1. The van der Waals surface area contributed by atoms with Crippen LogP contribution in [0.15, 0.2) is 12.1 Å². The van der Waals surface area contributed by atoms with Gasteiger partial charge in [-0.2, -0.15) is 0 Å². The summed E-state index contributed by atoms with van der Waals surface area (Å²) in [4.78, 5) is 16.9. The Bertz CT molecular complexity index is 548. The molecule has 0 N–H and O–H groups in total. The zero-order chi connectivity index (χ0) is 17.7. The number of rotatable bonds is 6. The molecule has 4 heteroatoms. The van der Waals surface area contributed by atoms with Gasteiger partial charge in [-0.05, 0) is 63.3 Å². The SMILES string of the molecule is CCC1CCCCN1C(=O)CN(C)Cc1cc(C)c(OC)c(C)c1. The number of carbonyl (C=O) groups is 1. The van der Waals surface area contributed by atoms with Gasteiger partial charge < -0.3 is 9.64 Å². The number of hydrogen-bond acceptors (Lipinski definition) is 3. The summed E-state index contributed by atoms with van der Waals surface area (Å²) in [6.07, 6.45) is 4.61. The number of benzene rings is 1. The predicted molar refractivity (Wildman–Crippen MR) is 98.4 cm³/mol. The quantitative estimate of drug-likeness (QED) is 0.799. The van der Waals surface area contributed by atoms with E-state index in [1.807, 2.05) is 7.05 Å². The fourth-order valence-corrected chi connectivity index (χ4v) is 3.90. The summed E-state index contributed by atoms with van der Waals surface area (Å²) >= 11 is 0. The zero-order valence-electron chi connectivity index (χ0n) is 15.9. The normalized spacial score (nSPS) is 18.1. The Morgan fingerprint density at radius 3 is 2.54 bits per heavy atom. The summed E-state index contributed by atoms with van der Waals surface area (Å²) in [6, 6.07) is 4.75. The van der Waals surface area contributed by atoms with Crippen molar-refractivity contribution in [1.82, 2.24) is 9.80 Å². The van der Waals surface area contributed by atoms with Crippen molar-refractivity contribution in [3.05, 3.63) is 28.8 Å². The van der Waals surface area contributed by atoms with E-state index >= 15 is 0 Å². The minimum absolute atomic E-state index is 0.269. The molecule has 0 aliphatic carbocycles. The lowest BCUT2D eigenvalue weighted by Crippen LogP contribution is -2.47. The van der Waals surface area contributed by atoms with E-state index in [4.69, 9.17) is 4.74 Å². The standard InChI is InChI=1S/C20H32N2O2/c1-6-18-9-7-8-10-22(18)19(23)14-21(4)13-17-11-15(2)20(24-5)16(3)12-17/h11-12,18H,6-10,13-14H2,1-5H3. The molecule has 1 heterocycles. The number of nitrogens with zero attached hydrogens (tertiary/aromatic N) is 2. The van der Waals surface area contributed by atoms with Crippen LogP contribution in [0.3, 0.4) is 0 Å². The molecular weight excluding hydrogens is 300 g/mol. The van der Waals surface area contributed by atoms with Crippen LogP contribution in [0.5, 0.6) is 5.75 Å². The zero-order valence-corrected chi connectivity index (χ0v) is 15.9. The fourth-order valence-electron chi connectivity index (χ4n) is 3.90. The van der Waals surface area contributed by atoms with E-state index in [0.29, 0.717) is 12.6 Å². The molecule has 1 fully saturated rings. The van der Waals surface area contributed by atoms with Crippen molar-refractivity contribution < 1.29 is 9.53 Å². The van der Waals surface area contributed by atoms with Crippen LogP contribution >= 0.6 is 0 Å². The van der Waals surface area contributed by atoms with Crippen LogP contribution in [0.1, 0.15) is 49.3 Å². The molecule has 1 unspecified atom stereocenters. The minimum Gasteiger partial charge on any atom is -0.496 e. The highest BCUT2D eigenvalue weighted by molar-refractivity contribution is 5.78. The third kappa shape index (κ3) is 4.50. The maximum absolute atomic E-state index is 12.7. The summed E-state index contributed by atoms with van der Waals surface area (Å²) < 4.78 is 5.43. The number of amides is 1. The van der Waals surface area contributed by atoms with Gasteiger partial charge >= 0.3 is 0 Å². The lowest BCUT2D eigenvalue weighted by Gasteiger charge is -2.36. The molecule has 0 bridgehead atoms. The molecule has 1 aromatic rings. The fraction of sp³-hybridized carbons (Fsp3) is 0.650. The number of carbonyl (C=O) groups excluding carboxylic acids is 1. The second kappa shape index (κ2) is 8.52. The second-order valence-corrected chi connectivity index (χ2v) is 7.08. The first-order valence-electron chi connectivity index (χ1n) is 9.08. The van der Waals surface area contributed by atoms with Crippen molar-refractivity contribution in [3.63, 3.8) is 0 Å². The average Bonchev–Trinajstić information content (AvgIpc) is 2.54. The largest absolute Gasteiger partial charge is 0.496 e. The third-order valence-corrected chi connectivity index (χ3v) is 5.00. The molecule has 1 aliphatic heterocycles. The Morgan fingerprint density at radius 2 is 1.96 bits per heavy atom. The smallest absolute Gasteiger partial charge is 0.236 e. The van der Waals surface area contributed by atoms with E-state index in [1.54, 1.807) is 7.11 Å². The van der Waals surface area contributed by atoms with Crippen molar-refractivity contribution in [3.8, 4) is 5.75 Å². The summed E-state index contributed by atoms with van der Waals surface area (Å²) in [5, 5.41) is 0. The molecule has 0 radical (unpaired) electrons. The molecule has 0 aromatic heterocycles. The molecule has 2 rings (SSSR count). The van der Waals surface area contributed by atoms with Crippen molar-refractivity contribution in [1.29, 1.82) is 0 Å². The van der Waals surface area contributed by atoms with Gasteiger partial charge in [0.25, 0.3) is 0 Å². The summed E-state index contributed by atoms with van der Waals surface area (Å²) in [5.74, 6) is 1.22. The van der Waals surface area contributed by atoms with Gasteiger partial charge in [0.15, 0.2) is 0 Å². The summed E-state index contributed by atoms with van der Waals surface area (Å²) in [5.41, 5.74) is 3.52. The van der Waals surface area contributed by atoms with Crippen molar-refractivity contribution in [2.45, 2.75) is 59.0 Å². The van der Waals surface area contributed by atoms with Crippen LogP contribution in [0, 0.1) is 13.8 Å². The second-order valence-electron chi connectivity index (χ2n) is 7.08. The van der Waals surface area contributed by atoms with Crippen LogP contribution in [0.25, 0.3) is 0 Å². The van der Waals surface area contributed by atoms with Crippen molar-refractivity contribution >= 4 is 5.91 Å². The lowest BCUT2D eigenvalue weighted by atomic mass is 10.00. The van der Waals surface area contributed by atoms with Crippen molar-refractivity contribution in [2.75, 3.05) is 27.2 Å². The first-order valence-corrected chi connectivity index (χ1v) is 9.08. The highest BCUT2D eigenvalue weighted by Gasteiger charge is 2.25. The number of aryl methyl sites for hydroxylation is 2. The molecular formula is C20H32N2O2. The average molecular weight is 332 g/mol. The number of likely N-dealkylation sites (N-methyl/N-ethyl adjacent to an activating group) is 1. The molecule has 1 amide bonds. The summed E-state index contributed by atoms with van der Waals surface area (Å²) in [7, 11) is 3.74. The van der Waals surface area contributed by atoms with Gasteiger partial charge in [-0.15, -0.1) is 0 Å². The first kappa shape index (κ1) is 18.8. The highest BCUT2D eigenvalue weighted by atomic mass is 16.5. The van der Waals surface area contributed by atoms with E-state index in [9.17, 15) is 4.79 Å². The molecule has 0 spiro atoms. The third-order valence-electron chi connectivity index (χ3n) is 5.00. The Labute approximate surface area is 146 Å². The van der Waals surface area contributed by atoms with Gasteiger partial charge in [0, 0.05) is 19.1 Å². The monoisotopic (exact) mass is 332 g/mol. The Balaban J connectivity index is 1.97. The van der Waals surface area contributed by atoms with Crippen LogP contribution in [-0.2, 0) is 11.3 Å². The Hall–Kier alpha value is -1.55. The van der Waals surface area contributed by atoms with Crippen LogP contribution < -0.4 is 4.74 Å². The molecule has 0 saturated carbocycles. The van der Waals surface area contributed by atoms with Gasteiger partial charge in [0.1, 0.15) is 5.75 Å². The number of piperidine rings is 1. The van der Waals surface area contributed by atoms with Gasteiger partial charge in [0.05, 0.1) is 13.7 Å². The molecule has 4 nitrogen and oxygen atoms in total. The lowest BCUT2D eigenvalue weighted by molar-refractivity contribution is -0.136. The number of likely N-dealkylation sites (tertiary alicyclic amines) is 1. The highest BCUT2D eigenvalue weighted by Crippen LogP contribution is 2.25. The predicted octanol–water partition coefficient (Wildman–Crippen LogP) is 3.53. The van der Waals surface area contributed by atoms with Gasteiger partial charge in [0.2, 0.25) is 5.91 Å². The molecule has 1 aliphatic rings.